The van der Waals surface area contributed by atoms with Gasteiger partial charge in [0.15, 0.2) is 11.5 Å². The Hall–Kier alpha value is -3.94. The lowest BCUT2D eigenvalue weighted by atomic mass is 9.95. The first-order chi connectivity index (χ1) is 15.0. The molecule has 3 heterocycles. The summed E-state index contributed by atoms with van der Waals surface area (Å²) in [5, 5.41) is 10.5. The van der Waals surface area contributed by atoms with E-state index in [2.05, 4.69) is 4.98 Å². The van der Waals surface area contributed by atoms with E-state index in [1.54, 1.807) is 24.7 Å². The van der Waals surface area contributed by atoms with E-state index >= 15 is 0 Å². The third-order valence-corrected chi connectivity index (χ3v) is 5.07. The molecule has 0 spiro atoms. The van der Waals surface area contributed by atoms with Crippen LogP contribution in [0.5, 0.6) is 0 Å². The van der Waals surface area contributed by atoms with Crippen LogP contribution in [-0.2, 0) is 16.1 Å². The van der Waals surface area contributed by atoms with E-state index in [0.717, 1.165) is 0 Å². The molecule has 1 aliphatic rings. The Morgan fingerprint density at radius 3 is 2.71 bits per heavy atom. The minimum atomic E-state index is -0.815. The molecular formula is C23H20FN3O4. The average molecular weight is 421 g/mol. The highest BCUT2D eigenvalue weighted by Gasteiger charge is 2.42. The number of furan rings is 1. The smallest absolute Gasteiger partial charge is 0.290 e. The highest BCUT2D eigenvalue weighted by molar-refractivity contribution is 6.14. The second-order valence-electron chi connectivity index (χ2n) is 7.08. The number of nitrogens with zero attached hydrogens (tertiary/aromatic N) is 3. The topological polar surface area (TPSA) is 88.6 Å². The first kappa shape index (κ1) is 20.3. The van der Waals surface area contributed by atoms with Crippen molar-refractivity contribution < 1.29 is 23.5 Å². The van der Waals surface area contributed by atoms with Gasteiger partial charge in [0.1, 0.15) is 11.6 Å². The van der Waals surface area contributed by atoms with Gasteiger partial charge in [-0.05, 0) is 48.4 Å². The van der Waals surface area contributed by atoms with Gasteiger partial charge in [-0.1, -0.05) is 12.1 Å². The molecular weight excluding hydrogens is 401 g/mol. The number of halogens is 1. The third kappa shape index (κ3) is 4.32. The van der Waals surface area contributed by atoms with Crippen molar-refractivity contribution in [1.82, 2.24) is 14.5 Å². The number of rotatable bonds is 8. The van der Waals surface area contributed by atoms with E-state index in [4.69, 9.17) is 4.42 Å². The molecule has 0 radical (unpaired) electrons. The Morgan fingerprint density at radius 2 is 2.03 bits per heavy atom. The van der Waals surface area contributed by atoms with Crippen LogP contribution in [0.15, 0.2) is 83.2 Å². The zero-order valence-electron chi connectivity index (χ0n) is 16.5. The van der Waals surface area contributed by atoms with E-state index in [0.29, 0.717) is 30.8 Å². The number of benzene rings is 1. The molecule has 31 heavy (non-hydrogen) atoms. The van der Waals surface area contributed by atoms with Gasteiger partial charge in [-0.2, -0.15) is 0 Å². The van der Waals surface area contributed by atoms with Crippen molar-refractivity contribution in [3.8, 4) is 0 Å². The third-order valence-electron chi connectivity index (χ3n) is 5.07. The van der Waals surface area contributed by atoms with Crippen LogP contribution >= 0.6 is 0 Å². The molecule has 1 N–H and O–H groups in total. The molecule has 3 aromatic rings. The van der Waals surface area contributed by atoms with Gasteiger partial charge in [0.25, 0.3) is 5.91 Å². The SMILES string of the molecule is O=C(C=Cc1ccco1)C1=C(O)C(=O)N(CCCn2ccnc2)C1c1ccc(F)cc1. The predicted molar refractivity (Wildman–Crippen MR) is 110 cm³/mol. The standard InChI is InChI=1S/C23H20FN3O4/c24-17-6-4-16(5-7-17)21-20(19(28)9-8-18-3-1-14-31-18)22(29)23(30)27(21)12-2-11-26-13-10-25-15-26/h1,3-10,13-15,21,29H,2,11-12H2. The maximum absolute atomic E-state index is 13.5. The maximum Gasteiger partial charge on any atom is 0.290 e. The van der Waals surface area contributed by atoms with Gasteiger partial charge in [0.05, 0.1) is 24.2 Å². The number of amides is 1. The molecule has 2 aromatic heterocycles. The number of aliphatic hydroxyl groups is 1. The molecule has 158 valence electrons. The van der Waals surface area contributed by atoms with Crippen molar-refractivity contribution >= 4 is 17.8 Å². The minimum Gasteiger partial charge on any atom is -0.503 e. The Bertz CT molecular complexity index is 1120. The van der Waals surface area contributed by atoms with E-state index in [9.17, 15) is 19.1 Å². The van der Waals surface area contributed by atoms with Gasteiger partial charge >= 0.3 is 0 Å². The largest absolute Gasteiger partial charge is 0.503 e. The van der Waals surface area contributed by atoms with Crippen LogP contribution < -0.4 is 0 Å². The van der Waals surface area contributed by atoms with Crippen molar-refractivity contribution in [2.75, 3.05) is 6.54 Å². The second kappa shape index (κ2) is 8.83. The molecule has 0 saturated carbocycles. The molecule has 1 atom stereocenters. The van der Waals surface area contributed by atoms with Crippen molar-refractivity contribution in [3.63, 3.8) is 0 Å². The summed E-state index contributed by atoms with van der Waals surface area (Å²) in [5.74, 6) is -1.71. The zero-order chi connectivity index (χ0) is 21.8. The van der Waals surface area contributed by atoms with Gasteiger partial charge in [0, 0.05) is 25.5 Å². The first-order valence-electron chi connectivity index (χ1n) is 9.76. The van der Waals surface area contributed by atoms with Crippen LogP contribution in [0.25, 0.3) is 6.08 Å². The number of hydrogen-bond donors (Lipinski definition) is 1. The lowest BCUT2D eigenvalue weighted by Crippen LogP contribution is -2.32. The molecule has 8 heteroatoms. The molecule has 1 aromatic carbocycles. The number of hydrogen-bond acceptors (Lipinski definition) is 5. The number of aromatic nitrogens is 2. The molecule has 4 rings (SSSR count). The van der Waals surface area contributed by atoms with Crippen molar-refractivity contribution in [2.24, 2.45) is 0 Å². The summed E-state index contributed by atoms with van der Waals surface area (Å²) in [4.78, 5) is 31.2. The number of aryl methyl sites for hydroxylation is 1. The Morgan fingerprint density at radius 1 is 1.23 bits per heavy atom. The van der Waals surface area contributed by atoms with Gasteiger partial charge < -0.3 is 19.0 Å². The van der Waals surface area contributed by atoms with Crippen molar-refractivity contribution in [3.05, 3.63) is 95.9 Å². The van der Waals surface area contributed by atoms with E-state index in [1.807, 2.05) is 10.8 Å². The van der Waals surface area contributed by atoms with Crippen molar-refractivity contribution in [1.29, 1.82) is 0 Å². The van der Waals surface area contributed by atoms with Crippen LogP contribution in [0.1, 0.15) is 23.8 Å². The van der Waals surface area contributed by atoms with Crippen LogP contribution in [0.3, 0.4) is 0 Å². The van der Waals surface area contributed by atoms with Gasteiger partial charge in [-0.3, -0.25) is 9.59 Å². The number of imidazole rings is 1. The van der Waals surface area contributed by atoms with E-state index in [-0.39, 0.29) is 5.57 Å². The average Bonchev–Trinajstić information content (AvgIpc) is 3.51. The fraction of sp³-hybridized carbons (Fsp3) is 0.174. The summed E-state index contributed by atoms with van der Waals surface area (Å²) in [6, 6.07) is 8.10. The van der Waals surface area contributed by atoms with Crippen LogP contribution in [0.4, 0.5) is 4.39 Å². The molecule has 0 bridgehead atoms. The van der Waals surface area contributed by atoms with E-state index < -0.39 is 29.3 Å². The fourth-order valence-corrected chi connectivity index (χ4v) is 3.60. The summed E-state index contributed by atoms with van der Waals surface area (Å²) in [7, 11) is 0. The Kier molecular flexibility index (Phi) is 5.79. The monoisotopic (exact) mass is 421 g/mol. The van der Waals surface area contributed by atoms with E-state index in [1.165, 1.54) is 47.6 Å². The fourth-order valence-electron chi connectivity index (χ4n) is 3.60. The number of ketones is 1. The summed E-state index contributed by atoms with van der Waals surface area (Å²) < 4.78 is 20.5. The number of carbonyl (C=O) groups is 2. The molecule has 0 aliphatic carbocycles. The van der Waals surface area contributed by atoms with Gasteiger partial charge in [-0.25, -0.2) is 9.37 Å². The second-order valence-corrected chi connectivity index (χ2v) is 7.08. The quantitative estimate of drug-likeness (QED) is 0.561. The van der Waals surface area contributed by atoms with Crippen LogP contribution in [0, 0.1) is 5.82 Å². The Balaban J connectivity index is 1.61. The molecule has 7 nitrogen and oxygen atoms in total. The summed E-state index contributed by atoms with van der Waals surface area (Å²) in [5.41, 5.74) is 0.498. The van der Waals surface area contributed by atoms with Gasteiger partial charge in [-0.15, -0.1) is 0 Å². The van der Waals surface area contributed by atoms with Gasteiger partial charge in [0.2, 0.25) is 0 Å². The molecule has 0 fully saturated rings. The Labute approximate surface area is 177 Å². The normalized spacial score (nSPS) is 16.6. The summed E-state index contributed by atoms with van der Waals surface area (Å²) >= 11 is 0. The van der Waals surface area contributed by atoms with Crippen LogP contribution in [-0.4, -0.2) is 37.8 Å². The highest BCUT2D eigenvalue weighted by Crippen LogP contribution is 2.38. The number of allylic oxidation sites excluding steroid dienone is 1. The number of aliphatic hydroxyl groups excluding tert-OH is 1. The molecule has 1 aliphatic heterocycles. The first-order valence-corrected chi connectivity index (χ1v) is 9.76. The highest BCUT2D eigenvalue weighted by atomic mass is 19.1. The molecule has 1 unspecified atom stereocenters. The lowest BCUT2D eigenvalue weighted by Gasteiger charge is -2.26. The molecule has 1 amide bonds. The summed E-state index contributed by atoms with van der Waals surface area (Å²) in [6.07, 6.45) is 9.93. The summed E-state index contributed by atoms with van der Waals surface area (Å²) in [6.45, 7) is 0.907. The predicted octanol–water partition coefficient (Wildman–Crippen LogP) is 3.68. The van der Waals surface area contributed by atoms with Crippen molar-refractivity contribution in [2.45, 2.75) is 19.0 Å². The molecule has 0 saturated heterocycles. The maximum atomic E-state index is 13.5. The number of carbonyl (C=O) groups excluding carboxylic acids is 2. The zero-order valence-corrected chi connectivity index (χ0v) is 16.5. The van der Waals surface area contributed by atoms with Crippen LogP contribution in [0.2, 0.25) is 0 Å². The lowest BCUT2D eigenvalue weighted by molar-refractivity contribution is -0.129. The minimum absolute atomic E-state index is 0.0398.